The summed E-state index contributed by atoms with van der Waals surface area (Å²) in [5.74, 6) is -1.81. The van der Waals surface area contributed by atoms with Crippen molar-refractivity contribution in [2.24, 2.45) is 11.7 Å². The van der Waals surface area contributed by atoms with E-state index in [1.807, 2.05) is 0 Å². The minimum absolute atomic E-state index is 0.0259. The Labute approximate surface area is 128 Å². The van der Waals surface area contributed by atoms with Crippen LogP contribution in [-0.4, -0.2) is 12.1 Å². The molecular weight excluding hydrogens is 347 g/mol. The maximum Gasteiger partial charge on any atom is 0.392 e. The molecule has 2 nitrogen and oxygen atoms in total. The summed E-state index contributed by atoms with van der Waals surface area (Å²) in [4.78, 5) is 11.5. The van der Waals surface area contributed by atoms with Crippen LogP contribution in [0.5, 0.6) is 0 Å². The lowest BCUT2D eigenvalue weighted by Crippen LogP contribution is -2.25. The standard InChI is InChI=1S/C15H13BrF3NO/c16-12-4-3-10(14(20)21)11-6-7-5-8(15(17,18)19)1-2-9(7)13(11)12/h3-4,8H,1-2,5-6H2,(H2,20,21). The highest BCUT2D eigenvalue weighted by Gasteiger charge is 2.43. The van der Waals surface area contributed by atoms with Crippen molar-refractivity contribution in [3.63, 3.8) is 0 Å². The summed E-state index contributed by atoms with van der Waals surface area (Å²) < 4.78 is 39.5. The average Bonchev–Trinajstić information content (AvgIpc) is 2.76. The summed E-state index contributed by atoms with van der Waals surface area (Å²) in [6.45, 7) is 0. The van der Waals surface area contributed by atoms with E-state index in [9.17, 15) is 18.0 Å². The van der Waals surface area contributed by atoms with Gasteiger partial charge < -0.3 is 5.73 Å². The largest absolute Gasteiger partial charge is 0.392 e. The zero-order chi connectivity index (χ0) is 15.4. The second kappa shape index (κ2) is 4.87. The lowest BCUT2D eigenvalue weighted by molar-refractivity contribution is -0.176. The highest BCUT2D eigenvalue weighted by Crippen LogP contribution is 2.50. The van der Waals surface area contributed by atoms with Gasteiger partial charge in [0.1, 0.15) is 0 Å². The lowest BCUT2D eigenvalue weighted by atomic mass is 9.83. The molecule has 1 unspecified atom stereocenters. The molecule has 0 heterocycles. The van der Waals surface area contributed by atoms with E-state index in [1.54, 1.807) is 12.1 Å². The number of carbonyl (C=O) groups is 1. The van der Waals surface area contributed by atoms with E-state index < -0.39 is 18.0 Å². The molecule has 0 spiro atoms. The fourth-order valence-electron chi connectivity index (χ4n) is 3.35. The number of hydrogen-bond donors (Lipinski definition) is 1. The molecule has 0 aliphatic heterocycles. The number of fused-ring (bicyclic) bond motifs is 2. The number of amides is 1. The predicted octanol–water partition coefficient (Wildman–Crippen LogP) is 4.22. The molecule has 2 N–H and O–H groups in total. The summed E-state index contributed by atoms with van der Waals surface area (Å²) in [5, 5.41) is 0. The minimum Gasteiger partial charge on any atom is -0.366 e. The first-order valence-electron chi connectivity index (χ1n) is 6.68. The van der Waals surface area contributed by atoms with Crippen molar-refractivity contribution >= 4 is 27.4 Å². The third kappa shape index (κ3) is 2.39. The molecule has 0 fully saturated rings. The molecule has 0 bridgehead atoms. The van der Waals surface area contributed by atoms with E-state index in [0.29, 0.717) is 18.4 Å². The Bertz CT molecular complexity index is 664. The van der Waals surface area contributed by atoms with E-state index >= 15 is 0 Å². The van der Waals surface area contributed by atoms with E-state index in [4.69, 9.17) is 5.73 Å². The van der Waals surface area contributed by atoms with Gasteiger partial charge in [0, 0.05) is 10.0 Å². The van der Waals surface area contributed by atoms with Crippen molar-refractivity contribution in [1.29, 1.82) is 0 Å². The van der Waals surface area contributed by atoms with Crippen LogP contribution in [0.2, 0.25) is 0 Å². The van der Waals surface area contributed by atoms with Crippen LogP contribution in [-0.2, 0) is 6.42 Å². The number of benzene rings is 1. The molecule has 0 radical (unpaired) electrons. The van der Waals surface area contributed by atoms with Gasteiger partial charge in [-0.3, -0.25) is 4.79 Å². The van der Waals surface area contributed by atoms with Gasteiger partial charge in [-0.25, -0.2) is 0 Å². The highest BCUT2D eigenvalue weighted by atomic mass is 79.9. The Morgan fingerprint density at radius 1 is 1.33 bits per heavy atom. The molecule has 0 aromatic heterocycles. The zero-order valence-corrected chi connectivity index (χ0v) is 12.6. The first kappa shape index (κ1) is 14.6. The number of primary amides is 1. The van der Waals surface area contributed by atoms with Crippen LogP contribution in [0.25, 0.3) is 5.57 Å². The molecule has 2 aliphatic rings. The Morgan fingerprint density at radius 3 is 2.67 bits per heavy atom. The molecule has 1 aromatic carbocycles. The van der Waals surface area contributed by atoms with Gasteiger partial charge in [0.25, 0.3) is 0 Å². The molecular formula is C15H13BrF3NO. The van der Waals surface area contributed by atoms with Gasteiger partial charge in [-0.15, -0.1) is 0 Å². The smallest absolute Gasteiger partial charge is 0.366 e. The van der Waals surface area contributed by atoms with Gasteiger partial charge >= 0.3 is 6.18 Å². The Balaban J connectivity index is 2.02. The van der Waals surface area contributed by atoms with Gasteiger partial charge in [0.15, 0.2) is 0 Å². The summed E-state index contributed by atoms with van der Waals surface area (Å²) in [6.07, 6.45) is -3.23. The van der Waals surface area contributed by atoms with E-state index in [2.05, 4.69) is 15.9 Å². The first-order valence-corrected chi connectivity index (χ1v) is 7.47. The first-order chi connectivity index (χ1) is 9.79. The maximum absolute atomic E-state index is 12.9. The second-order valence-corrected chi connectivity index (χ2v) is 6.41. The summed E-state index contributed by atoms with van der Waals surface area (Å²) in [5.41, 5.74) is 9.18. The summed E-state index contributed by atoms with van der Waals surface area (Å²) in [7, 11) is 0. The van der Waals surface area contributed by atoms with Crippen LogP contribution in [0.1, 0.15) is 40.7 Å². The molecule has 1 atom stereocenters. The predicted molar refractivity (Wildman–Crippen MR) is 76.7 cm³/mol. The van der Waals surface area contributed by atoms with Crippen LogP contribution in [0, 0.1) is 5.92 Å². The van der Waals surface area contributed by atoms with Crippen LogP contribution in [0.15, 0.2) is 22.2 Å². The van der Waals surface area contributed by atoms with Crippen LogP contribution >= 0.6 is 15.9 Å². The highest BCUT2D eigenvalue weighted by molar-refractivity contribution is 9.10. The number of alkyl halides is 3. The number of hydrogen-bond acceptors (Lipinski definition) is 1. The van der Waals surface area contributed by atoms with Crippen LogP contribution < -0.4 is 5.73 Å². The molecule has 3 rings (SSSR count). The normalized spacial score (nSPS) is 21.2. The minimum atomic E-state index is -4.16. The van der Waals surface area contributed by atoms with Crippen LogP contribution in [0.4, 0.5) is 13.2 Å². The van der Waals surface area contributed by atoms with E-state index in [-0.39, 0.29) is 12.8 Å². The fourth-order valence-corrected chi connectivity index (χ4v) is 3.96. The average molecular weight is 360 g/mol. The summed E-state index contributed by atoms with van der Waals surface area (Å²) >= 11 is 3.44. The number of allylic oxidation sites excluding steroid dienone is 2. The Kier molecular flexibility index (Phi) is 3.39. The monoisotopic (exact) mass is 359 g/mol. The zero-order valence-electron chi connectivity index (χ0n) is 11.1. The molecule has 1 amide bonds. The van der Waals surface area contributed by atoms with Crippen molar-refractivity contribution in [3.8, 4) is 0 Å². The fraction of sp³-hybridized carbons (Fsp3) is 0.400. The Hall–Kier alpha value is -1.30. The quantitative estimate of drug-likeness (QED) is 0.801. The van der Waals surface area contributed by atoms with Gasteiger partial charge in [-0.2, -0.15) is 13.2 Å². The van der Waals surface area contributed by atoms with Crippen LogP contribution in [0.3, 0.4) is 0 Å². The summed E-state index contributed by atoms with van der Waals surface area (Å²) in [6, 6.07) is 3.37. The molecule has 112 valence electrons. The van der Waals surface area contributed by atoms with Crippen molar-refractivity contribution in [1.82, 2.24) is 0 Å². The number of nitrogens with two attached hydrogens (primary N) is 1. The van der Waals surface area contributed by atoms with Crippen molar-refractivity contribution in [2.45, 2.75) is 31.9 Å². The molecule has 2 aliphatic carbocycles. The van der Waals surface area contributed by atoms with E-state index in [1.165, 1.54) is 0 Å². The number of halogens is 4. The number of carbonyl (C=O) groups excluding carboxylic acids is 1. The van der Waals surface area contributed by atoms with Gasteiger partial charge in [0.2, 0.25) is 5.91 Å². The van der Waals surface area contributed by atoms with E-state index in [0.717, 1.165) is 26.7 Å². The lowest BCUT2D eigenvalue weighted by Gasteiger charge is -2.26. The maximum atomic E-state index is 12.9. The van der Waals surface area contributed by atoms with Crippen molar-refractivity contribution in [3.05, 3.63) is 38.9 Å². The molecule has 1 aromatic rings. The molecule has 0 saturated carbocycles. The second-order valence-electron chi connectivity index (χ2n) is 5.55. The molecule has 0 saturated heterocycles. The van der Waals surface area contributed by atoms with Gasteiger partial charge in [0.05, 0.1) is 5.92 Å². The van der Waals surface area contributed by atoms with Crippen molar-refractivity contribution < 1.29 is 18.0 Å². The molecule has 21 heavy (non-hydrogen) atoms. The topological polar surface area (TPSA) is 43.1 Å². The van der Waals surface area contributed by atoms with Crippen molar-refractivity contribution in [2.75, 3.05) is 0 Å². The number of rotatable bonds is 1. The third-order valence-electron chi connectivity index (χ3n) is 4.34. The molecule has 6 heteroatoms. The Morgan fingerprint density at radius 2 is 2.05 bits per heavy atom. The SMILES string of the molecule is NC(=O)c1ccc(Br)c2c1CC1=C2CCC(C(F)(F)F)C1. The third-order valence-corrected chi connectivity index (χ3v) is 5.01. The van der Waals surface area contributed by atoms with Gasteiger partial charge in [-0.05, 0) is 54.5 Å². The van der Waals surface area contributed by atoms with Gasteiger partial charge in [-0.1, -0.05) is 21.5 Å².